The van der Waals surface area contributed by atoms with E-state index in [0.717, 1.165) is 44.9 Å². The van der Waals surface area contributed by atoms with Gasteiger partial charge in [0.2, 0.25) is 5.91 Å². The highest BCUT2D eigenvalue weighted by atomic mass is 35.5. The number of fused-ring (bicyclic) bond motifs is 6. The summed E-state index contributed by atoms with van der Waals surface area (Å²) in [5.74, 6) is -5.88. The Kier molecular flexibility index (Phi) is 17.5. The molecule has 25 heteroatoms. The summed E-state index contributed by atoms with van der Waals surface area (Å²) in [6.07, 6.45) is -4.42. The van der Waals surface area contributed by atoms with Gasteiger partial charge in [-0.15, -0.1) is 11.3 Å². The lowest BCUT2D eigenvalue weighted by Gasteiger charge is -2.40. The molecule has 6 bridgehead atoms. The first-order valence-corrected chi connectivity index (χ1v) is 27.4. The number of carbonyl (C=O) groups excluding carboxylic acids is 5. The molecule has 0 spiro atoms. The van der Waals surface area contributed by atoms with Crippen LogP contribution in [0.3, 0.4) is 0 Å². The van der Waals surface area contributed by atoms with Crippen molar-refractivity contribution in [3.05, 3.63) is 51.9 Å². The predicted octanol–water partition coefficient (Wildman–Crippen LogP) is 6.98. The number of methoxy groups -OCH3 is 1. The van der Waals surface area contributed by atoms with Crippen LogP contribution < -0.4 is 15.6 Å². The van der Waals surface area contributed by atoms with E-state index in [4.69, 9.17) is 31.0 Å². The van der Waals surface area contributed by atoms with Crippen molar-refractivity contribution in [2.75, 3.05) is 78.5 Å². The maximum absolute atomic E-state index is 17.0. The summed E-state index contributed by atoms with van der Waals surface area (Å²) in [4.78, 5) is 85.2. The lowest BCUT2D eigenvalue weighted by molar-refractivity contribution is -0.156. The molecule has 4 aliphatic heterocycles. The number of ether oxygens (including phenoxy) is 2. The highest BCUT2D eigenvalue weighted by Crippen LogP contribution is 2.45. The standard InChI is InChI=1S/C53H67ClF6N10O7S/c1-29(2)43(66(7)50(75)52(57)11-14-68(15-12-52)48(73)45(54)56)46(71)63-38-23-41-62-39(26-78-41)33-21-32-35(24-51(4,5)28-77-49(74)37-10-9-13-70(64-37)47(38)72)44(69(27-53(58,59)60)40(32)22-36(33)55)34-20-31(25-61-42(34)30(3)76-8)67-18-16-65(6)17-19-67/h20-22,25-26,29-30,37-38,43,45,64H,9-19,23-24,27-28H2,1-8H3,(H,63,71)/t30-,37-,38-,43-,45-/m0/s1. The van der Waals surface area contributed by atoms with Gasteiger partial charge in [0.25, 0.3) is 23.4 Å². The van der Waals surface area contributed by atoms with Crippen LogP contribution in [-0.2, 0) is 52.8 Å². The number of hydrogen-bond donors (Lipinski definition) is 2. The molecule has 2 N–H and O–H groups in total. The van der Waals surface area contributed by atoms with Gasteiger partial charge in [-0.25, -0.2) is 23.6 Å². The molecule has 1 aromatic carbocycles. The molecule has 0 aliphatic carbocycles. The predicted molar refractivity (Wildman–Crippen MR) is 281 cm³/mol. The van der Waals surface area contributed by atoms with Gasteiger partial charge in [0.1, 0.15) is 30.5 Å². The van der Waals surface area contributed by atoms with Crippen LogP contribution >= 0.6 is 22.9 Å². The summed E-state index contributed by atoms with van der Waals surface area (Å²) in [7, 11) is 4.74. The molecule has 3 aromatic heterocycles. The third kappa shape index (κ3) is 12.6. The van der Waals surface area contributed by atoms with Gasteiger partial charge in [-0.3, -0.25) is 34.0 Å². The van der Waals surface area contributed by atoms with Gasteiger partial charge in [0.05, 0.1) is 52.2 Å². The Balaban J connectivity index is 1.22. The highest BCUT2D eigenvalue weighted by molar-refractivity contribution is 7.10. The van der Waals surface area contributed by atoms with Crippen molar-refractivity contribution in [1.29, 1.82) is 0 Å². The van der Waals surface area contributed by atoms with E-state index in [1.807, 2.05) is 13.1 Å². The second-order valence-electron chi connectivity index (χ2n) is 22.0. The minimum absolute atomic E-state index is 0.0352. The van der Waals surface area contributed by atoms with Gasteiger partial charge in [-0.2, -0.15) is 13.2 Å². The fraction of sp³-hybridized carbons (Fsp3) is 0.604. The first-order valence-electron chi connectivity index (χ1n) is 26.1. The number of alkyl halides is 6. The van der Waals surface area contributed by atoms with Crippen LogP contribution in [0.5, 0.6) is 0 Å². The number of amides is 4. The number of cyclic esters (lactones) is 1. The summed E-state index contributed by atoms with van der Waals surface area (Å²) < 4.78 is 105. The lowest BCUT2D eigenvalue weighted by atomic mass is 9.84. The molecule has 0 radical (unpaired) electrons. The van der Waals surface area contributed by atoms with Gasteiger partial charge >= 0.3 is 12.1 Å². The summed E-state index contributed by atoms with van der Waals surface area (Å²) >= 11 is 6.37. The highest BCUT2D eigenvalue weighted by Gasteiger charge is 2.48. The molecule has 0 unspecified atom stereocenters. The average molecular weight is 1140 g/mol. The lowest BCUT2D eigenvalue weighted by Crippen LogP contribution is -2.63. The summed E-state index contributed by atoms with van der Waals surface area (Å²) in [5.41, 5.74) is -0.939. The van der Waals surface area contributed by atoms with Crippen molar-refractivity contribution in [2.45, 2.75) is 121 Å². The largest absolute Gasteiger partial charge is 0.464 e. The van der Waals surface area contributed by atoms with Gasteiger partial charge in [-0.05, 0) is 62.9 Å². The van der Waals surface area contributed by atoms with E-state index in [2.05, 4.69) is 20.5 Å². The number of anilines is 1. The van der Waals surface area contributed by atoms with Crippen LogP contribution in [0.25, 0.3) is 33.4 Å². The fourth-order valence-electron chi connectivity index (χ4n) is 11.0. The van der Waals surface area contributed by atoms with Gasteiger partial charge in [0, 0.05) is 107 Å². The number of hydrogen-bond acceptors (Lipinski definition) is 13. The maximum Gasteiger partial charge on any atom is 0.406 e. The number of piperidine rings is 1. The Morgan fingerprint density at radius 2 is 1.73 bits per heavy atom. The third-order valence-corrected chi connectivity index (χ3v) is 16.3. The second kappa shape index (κ2) is 23.3. The Morgan fingerprint density at radius 1 is 1.04 bits per heavy atom. The Hall–Kier alpha value is -5.56. The molecule has 0 saturated carbocycles. The minimum atomic E-state index is -4.78. The third-order valence-electron chi connectivity index (χ3n) is 15.3. The van der Waals surface area contributed by atoms with Gasteiger partial charge in [0.15, 0.2) is 5.67 Å². The molecule has 4 aliphatic rings. The molecule has 3 fully saturated rings. The maximum atomic E-state index is 17.0. The van der Waals surface area contributed by atoms with Crippen LogP contribution in [0.15, 0.2) is 29.8 Å². The zero-order valence-electron chi connectivity index (χ0n) is 44.9. The molecule has 4 amide bonds. The van der Waals surface area contributed by atoms with Crippen LogP contribution in [0.4, 0.5) is 32.0 Å². The number of esters is 1. The molecule has 17 nitrogen and oxygen atoms in total. The average Bonchev–Trinajstić information content (AvgIpc) is 4.13. The number of nitrogens with one attached hydrogen (secondary N) is 2. The van der Waals surface area contributed by atoms with Crippen molar-refractivity contribution in [1.82, 2.24) is 45.0 Å². The Labute approximate surface area is 457 Å². The zero-order valence-corrected chi connectivity index (χ0v) is 46.5. The van der Waals surface area contributed by atoms with E-state index < -0.39 is 108 Å². The SMILES string of the molecule is CO[C@@H](C)c1ncc(N2CCN(C)CC2)cc1-c1c2c3cc(c(F)cc3n1CC(F)(F)F)-c1csc(n1)C[C@H](NC(=O)[C@H](C(C)C)N(C)C(=O)C1(F)CCN(C(=O)[C@H](F)Cl)CC1)C(=O)N1CCC[C@H](N1)C(=O)OCC(C)(C)C2. The van der Waals surface area contributed by atoms with Crippen LogP contribution in [0.1, 0.15) is 82.7 Å². The number of rotatable bonds is 11. The van der Waals surface area contributed by atoms with Crippen molar-refractivity contribution in [3.63, 3.8) is 0 Å². The quantitative estimate of drug-likeness (QED) is 0.0898. The number of likely N-dealkylation sites (tertiary alicyclic amines) is 1. The number of pyridine rings is 1. The first kappa shape index (κ1) is 58.6. The van der Waals surface area contributed by atoms with Crippen LogP contribution in [-0.4, -0.2) is 173 Å². The number of likely N-dealkylation sites (N-methyl/N-ethyl adjacent to an activating group) is 2. The molecular formula is C53H67ClF6N10O7S. The number of piperazine rings is 1. The number of carbonyl (C=O) groups is 5. The summed E-state index contributed by atoms with van der Waals surface area (Å²) in [6, 6.07) is 0.530. The number of aromatic nitrogens is 3. The van der Waals surface area contributed by atoms with E-state index >= 15 is 22.0 Å². The van der Waals surface area contributed by atoms with Crippen molar-refractivity contribution in [2.24, 2.45) is 11.3 Å². The molecule has 3 saturated heterocycles. The smallest absolute Gasteiger partial charge is 0.406 e. The zero-order chi connectivity index (χ0) is 56.8. The Bertz CT molecular complexity index is 2900. The number of nitrogens with zero attached hydrogens (tertiary/aromatic N) is 8. The molecule has 7 heterocycles. The molecule has 8 rings (SSSR count). The van der Waals surface area contributed by atoms with E-state index in [-0.39, 0.29) is 78.4 Å². The topological polar surface area (TPSA) is 175 Å². The monoisotopic (exact) mass is 1140 g/mol. The molecular weight excluding hydrogens is 1070 g/mol. The van der Waals surface area contributed by atoms with Gasteiger partial charge in [-0.1, -0.05) is 39.3 Å². The molecule has 78 heavy (non-hydrogen) atoms. The number of hydrazine groups is 1. The van der Waals surface area contributed by atoms with Crippen LogP contribution in [0, 0.1) is 17.2 Å². The van der Waals surface area contributed by atoms with Gasteiger partial charge < -0.3 is 39.0 Å². The van der Waals surface area contributed by atoms with Crippen molar-refractivity contribution in [3.8, 4) is 22.5 Å². The normalized spacial score (nSPS) is 21.7. The van der Waals surface area contributed by atoms with E-state index in [1.165, 1.54) is 25.2 Å². The number of benzene rings is 1. The number of thiazole rings is 1. The van der Waals surface area contributed by atoms with E-state index in [9.17, 15) is 28.4 Å². The fourth-order valence-corrected chi connectivity index (χ4v) is 11.9. The van der Waals surface area contributed by atoms with E-state index in [1.54, 1.807) is 46.2 Å². The summed E-state index contributed by atoms with van der Waals surface area (Å²) in [6.45, 7) is 9.15. The van der Waals surface area contributed by atoms with Crippen LogP contribution in [0.2, 0.25) is 0 Å². The van der Waals surface area contributed by atoms with E-state index in [0.29, 0.717) is 42.0 Å². The minimum Gasteiger partial charge on any atom is -0.464 e. The van der Waals surface area contributed by atoms with Crippen molar-refractivity contribution >= 4 is 69.1 Å². The Morgan fingerprint density at radius 3 is 2.37 bits per heavy atom. The second-order valence-corrected chi connectivity index (χ2v) is 23.3. The molecule has 426 valence electrons. The van der Waals surface area contributed by atoms with Crippen molar-refractivity contribution < 1.29 is 59.8 Å². The first-order chi connectivity index (χ1) is 36.7. The number of halogens is 7. The molecule has 5 atom stereocenters. The molecule has 4 aromatic rings. The summed E-state index contributed by atoms with van der Waals surface area (Å²) in [5, 5.41) is 6.03.